The molecule has 0 amide bonds. The van der Waals surface area contributed by atoms with Gasteiger partial charge < -0.3 is 10.1 Å². The van der Waals surface area contributed by atoms with Crippen LogP contribution in [0, 0.1) is 5.82 Å². The van der Waals surface area contributed by atoms with E-state index in [-0.39, 0.29) is 11.9 Å². The molecule has 1 atom stereocenters. The molecule has 0 saturated carbocycles. The number of rotatable bonds is 5. The zero-order valence-electron chi connectivity index (χ0n) is 11.5. The van der Waals surface area contributed by atoms with Gasteiger partial charge in [0, 0.05) is 21.8 Å². The normalized spacial score (nSPS) is 12.0. The molecule has 0 aliphatic rings. The van der Waals surface area contributed by atoms with Crippen molar-refractivity contribution in [1.82, 2.24) is 0 Å². The molecule has 1 N–H and O–H groups in total. The fraction of sp³-hybridized carbons (Fsp3) is 0.250. The molecule has 0 heterocycles. The quantitative estimate of drug-likeness (QED) is 0.813. The third-order valence-corrected chi connectivity index (χ3v) is 3.45. The third kappa shape index (κ3) is 3.73. The molecule has 1 unspecified atom stereocenters. The van der Waals surface area contributed by atoms with Gasteiger partial charge in [-0.15, -0.1) is 0 Å². The lowest BCUT2D eigenvalue weighted by Gasteiger charge is -2.17. The molecular formula is C16H17BrFNO. The number of ether oxygens (including phenoxy) is 1. The van der Waals surface area contributed by atoms with Gasteiger partial charge in [-0.1, -0.05) is 28.1 Å². The maximum absolute atomic E-state index is 13.9. The van der Waals surface area contributed by atoms with E-state index in [0.29, 0.717) is 12.2 Å². The van der Waals surface area contributed by atoms with Crippen molar-refractivity contribution in [3.63, 3.8) is 0 Å². The van der Waals surface area contributed by atoms with E-state index in [2.05, 4.69) is 21.2 Å². The Kier molecular flexibility index (Phi) is 5.01. The Morgan fingerprint density at radius 3 is 2.75 bits per heavy atom. The summed E-state index contributed by atoms with van der Waals surface area (Å²) in [6.07, 6.45) is 0. The highest BCUT2D eigenvalue weighted by Gasteiger charge is 2.11. The molecule has 2 aromatic rings. The summed E-state index contributed by atoms with van der Waals surface area (Å²) in [5.74, 6) is 0.585. The van der Waals surface area contributed by atoms with Crippen molar-refractivity contribution in [2.45, 2.75) is 19.9 Å². The van der Waals surface area contributed by atoms with E-state index < -0.39 is 0 Å². The summed E-state index contributed by atoms with van der Waals surface area (Å²) >= 11 is 3.26. The van der Waals surface area contributed by atoms with Crippen LogP contribution in [0.25, 0.3) is 0 Å². The van der Waals surface area contributed by atoms with Gasteiger partial charge in [0.25, 0.3) is 0 Å². The van der Waals surface area contributed by atoms with Crippen molar-refractivity contribution in [1.29, 1.82) is 0 Å². The Morgan fingerprint density at radius 1 is 1.25 bits per heavy atom. The zero-order valence-corrected chi connectivity index (χ0v) is 13.1. The second-order valence-corrected chi connectivity index (χ2v) is 5.41. The maximum atomic E-state index is 13.9. The van der Waals surface area contributed by atoms with Crippen LogP contribution < -0.4 is 10.1 Å². The first-order valence-electron chi connectivity index (χ1n) is 6.54. The van der Waals surface area contributed by atoms with E-state index in [0.717, 1.165) is 15.9 Å². The number of nitrogens with one attached hydrogen (secondary N) is 1. The first-order chi connectivity index (χ1) is 9.60. The SMILES string of the molecule is CCOc1cccc(NC(C)c2ccc(Br)cc2F)c1. The van der Waals surface area contributed by atoms with Gasteiger partial charge in [-0.2, -0.15) is 0 Å². The van der Waals surface area contributed by atoms with Crippen molar-refractivity contribution >= 4 is 21.6 Å². The molecule has 2 rings (SSSR count). The van der Waals surface area contributed by atoms with Crippen molar-refractivity contribution in [3.05, 3.63) is 58.3 Å². The molecule has 2 nitrogen and oxygen atoms in total. The van der Waals surface area contributed by atoms with E-state index in [4.69, 9.17) is 4.74 Å². The number of hydrogen-bond acceptors (Lipinski definition) is 2. The van der Waals surface area contributed by atoms with Crippen molar-refractivity contribution < 1.29 is 9.13 Å². The summed E-state index contributed by atoms with van der Waals surface area (Å²) in [6, 6.07) is 12.6. The van der Waals surface area contributed by atoms with Gasteiger partial charge in [-0.25, -0.2) is 4.39 Å². The molecule has 0 aromatic heterocycles. The average Bonchev–Trinajstić information content (AvgIpc) is 2.39. The number of halogens is 2. The summed E-state index contributed by atoms with van der Waals surface area (Å²) in [7, 11) is 0. The summed E-state index contributed by atoms with van der Waals surface area (Å²) in [5.41, 5.74) is 1.54. The summed E-state index contributed by atoms with van der Waals surface area (Å²) in [5, 5.41) is 3.28. The summed E-state index contributed by atoms with van der Waals surface area (Å²) < 4.78 is 20.1. The Bertz CT molecular complexity index is 588. The molecule has 0 fully saturated rings. The minimum atomic E-state index is -0.222. The minimum Gasteiger partial charge on any atom is -0.494 e. The second-order valence-electron chi connectivity index (χ2n) is 4.49. The standard InChI is InChI=1S/C16H17BrFNO/c1-3-20-14-6-4-5-13(10-14)19-11(2)15-8-7-12(17)9-16(15)18/h4-11,19H,3H2,1-2H3. The fourth-order valence-corrected chi connectivity index (χ4v) is 2.36. The molecule has 0 saturated heterocycles. The summed E-state index contributed by atoms with van der Waals surface area (Å²) in [4.78, 5) is 0. The largest absolute Gasteiger partial charge is 0.494 e. The highest BCUT2D eigenvalue weighted by molar-refractivity contribution is 9.10. The van der Waals surface area contributed by atoms with Gasteiger partial charge in [-0.3, -0.25) is 0 Å². The van der Waals surface area contributed by atoms with Crippen LogP contribution in [0.15, 0.2) is 46.9 Å². The molecule has 106 valence electrons. The topological polar surface area (TPSA) is 21.3 Å². The molecular weight excluding hydrogens is 321 g/mol. The average molecular weight is 338 g/mol. The number of anilines is 1. The highest BCUT2D eigenvalue weighted by atomic mass is 79.9. The molecule has 0 aliphatic carbocycles. The lowest BCUT2D eigenvalue weighted by molar-refractivity contribution is 0.340. The van der Waals surface area contributed by atoms with Crippen LogP contribution in [0.1, 0.15) is 25.5 Å². The van der Waals surface area contributed by atoms with Gasteiger partial charge in [0.15, 0.2) is 0 Å². The maximum Gasteiger partial charge on any atom is 0.129 e. The van der Waals surface area contributed by atoms with Crippen molar-refractivity contribution in [2.75, 3.05) is 11.9 Å². The van der Waals surface area contributed by atoms with Gasteiger partial charge in [-0.05, 0) is 38.1 Å². The van der Waals surface area contributed by atoms with Gasteiger partial charge in [0.2, 0.25) is 0 Å². The van der Waals surface area contributed by atoms with E-state index in [9.17, 15) is 4.39 Å². The smallest absolute Gasteiger partial charge is 0.129 e. The molecule has 4 heteroatoms. The predicted molar refractivity (Wildman–Crippen MR) is 83.7 cm³/mol. The van der Waals surface area contributed by atoms with Crippen LogP contribution >= 0.6 is 15.9 Å². The number of hydrogen-bond donors (Lipinski definition) is 1. The van der Waals surface area contributed by atoms with E-state index >= 15 is 0 Å². The summed E-state index contributed by atoms with van der Waals surface area (Å²) in [6.45, 7) is 4.50. The molecule has 0 radical (unpaired) electrons. The van der Waals surface area contributed by atoms with Crippen LogP contribution in [-0.2, 0) is 0 Å². The molecule has 2 aromatic carbocycles. The molecule has 20 heavy (non-hydrogen) atoms. The van der Waals surface area contributed by atoms with Gasteiger partial charge in [0.05, 0.1) is 12.6 Å². The Hall–Kier alpha value is -1.55. The van der Waals surface area contributed by atoms with Crippen LogP contribution in [0.4, 0.5) is 10.1 Å². The fourth-order valence-electron chi connectivity index (χ4n) is 2.02. The van der Waals surface area contributed by atoms with Gasteiger partial charge in [0.1, 0.15) is 11.6 Å². The Morgan fingerprint density at radius 2 is 2.05 bits per heavy atom. The molecule has 0 aliphatic heterocycles. The second kappa shape index (κ2) is 6.75. The first kappa shape index (κ1) is 14.9. The minimum absolute atomic E-state index is 0.125. The van der Waals surface area contributed by atoms with Crippen LogP contribution in [0.5, 0.6) is 5.75 Å². The van der Waals surface area contributed by atoms with Gasteiger partial charge >= 0.3 is 0 Å². The number of benzene rings is 2. The lowest BCUT2D eigenvalue weighted by atomic mass is 10.1. The first-order valence-corrected chi connectivity index (χ1v) is 7.33. The zero-order chi connectivity index (χ0) is 14.5. The highest BCUT2D eigenvalue weighted by Crippen LogP contribution is 2.26. The van der Waals surface area contributed by atoms with Crippen LogP contribution in [-0.4, -0.2) is 6.61 Å². The predicted octanol–water partition coefficient (Wildman–Crippen LogP) is 5.16. The monoisotopic (exact) mass is 337 g/mol. The van der Waals surface area contributed by atoms with Crippen LogP contribution in [0.2, 0.25) is 0 Å². The van der Waals surface area contributed by atoms with E-state index in [1.165, 1.54) is 6.07 Å². The van der Waals surface area contributed by atoms with Crippen molar-refractivity contribution in [3.8, 4) is 5.75 Å². The molecule has 0 bridgehead atoms. The molecule has 0 spiro atoms. The van der Waals surface area contributed by atoms with Crippen LogP contribution in [0.3, 0.4) is 0 Å². The van der Waals surface area contributed by atoms with Crippen molar-refractivity contribution in [2.24, 2.45) is 0 Å². The lowest BCUT2D eigenvalue weighted by Crippen LogP contribution is -2.08. The van der Waals surface area contributed by atoms with E-state index in [1.54, 1.807) is 6.07 Å². The Labute approximate surface area is 127 Å². The van der Waals surface area contributed by atoms with E-state index in [1.807, 2.05) is 44.2 Å². The Balaban J connectivity index is 2.14. The third-order valence-electron chi connectivity index (χ3n) is 2.96.